The summed E-state index contributed by atoms with van der Waals surface area (Å²) in [4.78, 5) is 12.7. The lowest BCUT2D eigenvalue weighted by molar-refractivity contribution is -0.0226. The van der Waals surface area contributed by atoms with Gasteiger partial charge in [0.2, 0.25) is 5.92 Å². The van der Waals surface area contributed by atoms with Crippen molar-refractivity contribution < 1.29 is 31.2 Å². The van der Waals surface area contributed by atoms with E-state index < -0.39 is 20.4 Å². The Labute approximate surface area is 230 Å². The average molecular weight is 563 g/mol. The van der Waals surface area contributed by atoms with E-state index in [4.69, 9.17) is 22.4 Å². The molecule has 39 heavy (non-hydrogen) atoms. The van der Waals surface area contributed by atoms with Gasteiger partial charge in [-0.15, -0.1) is 0 Å². The monoisotopic (exact) mass is 562 g/mol. The van der Waals surface area contributed by atoms with Crippen molar-refractivity contribution in [3.63, 3.8) is 0 Å². The molecule has 0 aliphatic rings. The van der Waals surface area contributed by atoms with Gasteiger partial charge in [0, 0.05) is 50.2 Å². The van der Waals surface area contributed by atoms with Crippen LogP contribution in [0.25, 0.3) is 22.1 Å². The lowest BCUT2D eigenvalue weighted by atomic mass is 9.98. The molecular formula is C30H40F2O6Si. The van der Waals surface area contributed by atoms with E-state index in [1.807, 2.05) is 64.1 Å². The van der Waals surface area contributed by atoms with Crippen molar-refractivity contribution in [3.05, 3.63) is 64.5 Å². The van der Waals surface area contributed by atoms with Gasteiger partial charge in [0.15, 0.2) is 0 Å². The molecule has 0 atom stereocenters. The fourth-order valence-electron chi connectivity index (χ4n) is 4.67. The third kappa shape index (κ3) is 8.70. The Bertz CT molecular complexity index is 1230. The quantitative estimate of drug-likeness (QED) is 0.0957. The number of alkyl halides is 2. The molecule has 214 valence electrons. The molecular weight excluding hydrogens is 522 g/mol. The van der Waals surface area contributed by atoms with Crippen LogP contribution >= 0.6 is 0 Å². The van der Waals surface area contributed by atoms with Crippen LogP contribution in [0.3, 0.4) is 0 Å². The van der Waals surface area contributed by atoms with Crippen LogP contribution in [-0.2, 0) is 19.7 Å². The van der Waals surface area contributed by atoms with Gasteiger partial charge in [-0.25, -0.2) is 13.6 Å². The van der Waals surface area contributed by atoms with Gasteiger partial charge >= 0.3 is 14.4 Å². The molecule has 0 aliphatic carbocycles. The highest BCUT2D eigenvalue weighted by atomic mass is 28.4. The Hall–Kier alpha value is -2.59. The Morgan fingerprint density at radius 3 is 2.18 bits per heavy atom. The molecule has 0 aliphatic heterocycles. The molecule has 0 saturated carbocycles. The van der Waals surface area contributed by atoms with Gasteiger partial charge in [0.1, 0.15) is 11.3 Å². The van der Waals surface area contributed by atoms with Crippen molar-refractivity contribution in [2.24, 2.45) is 0 Å². The van der Waals surface area contributed by atoms with E-state index in [0.29, 0.717) is 42.8 Å². The molecule has 0 fully saturated rings. The fourth-order valence-corrected chi connectivity index (χ4v) is 7.28. The highest BCUT2D eigenvalue weighted by molar-refractivity contribution is 6.60. The van der Waals surface area contributed by atoms with Crippen LogP contribution in [-0.4, -0.2) is 41.2 Å². The minimum Gasteiger partial charge on any atom is -0.493 e. The molecule has 0 unspecified atom stereocenters. The summed E-state index contributed by atoms with van der Waals surface area (Å²) < 4.78 is 57.7. The maximum atomic E-state index is 14.6. The summed E-state index contributed by atoms with van der Waals surface area (Å²) in [5.41, 5.74) is 2.41. The van der Waals surface area contributed by atoms with Crippen LogP contribution in [0.4, 0.5) is 8.78 Å². The van der Waals surface area contributed by atoms with Gasteiger partial charge in [0.05, 0.1) is 12.2 Å². The maximum Gasteiger partial charge on any atom is 0.500 e. The number of hydrogen-bond donors (Lipinski definition) is 0. The molecule has 9 heteroatoms. The first-order valence-corrected chi connectivity index (χ1v) is 15.8. The maximum absolute atomic E-state index is 14.6. The van der Waals surface area contributed by atoms with Gasteiger partial charge in [-0.2, -0.15) is 0 Å². The molecule has 0 N–H and O–H groups in total. The summed E-state index contributed by atoms with van der Waals surface area (Å²) >= 11 is 0. The second-order valence-corrected chi connectivity index (χ2v) is 12.0. The molecule has 0 radical (unpaired) electrons. The molecule has 3 rings (SSSR count). The van der Waals surface area contributed by atoms with Gasteiger partial charge in [-0.1, -0.05) is 31.2 Å². The van der Waals surface area contributed by atoms with Crippen molar-refractivity contribution in [1.29, 1.82) is 0 Å². The Morgan fingerprint density at radius 2 is 1.51 bits per heavy atom. The van der Waals surface area contributed by atoms with Gasteiger partial charge in [-0.3, -0.25) is 0 Å². The zero-order chi connectivity index (χ0) is 28.3. The first-order chi connectivity index (χ1) is 18.8. The van der Waals surface area contributed by atoms with Gasteiger partial charge in [-0.05, 0) is 69.4 Å². The molecule has 6 nitrogen and oxygen atoms in total. The topological polar surface area (TPSA) is 67.1 Å². The molecule has 1 heterocycles. The van der Waals surface area contributed by atoms with Crippen LogP contribution < -0.4 is 10.4 Å². The minimum absolute atomic E-state index is 0.128. The summed E-state index contributed by atoms with van der Waals surface area (Å²) in [6.45, 7) is 8.98. The number of ether oxygens (including phenoxy) is 1. The van der Waals surface area contributed by atoms with Crippen LogP contribution in [0.15, 0.2) is 57.7 Å². The Kier molecular flexibility index (Phi) is 11.7. The fraction of sp³-hybridized carbons (Fsp3) is 0.500. The minimum atomic E-state index is -2.92. The van der Waals surface area contributed by atoms with E-state index in [2.05, 4.69) is 0 Å². The summed E-state index contributed by atoms with van der Waals surface area (Å²) in [5, 5.41) is 0.764. The predicted molar refractivity (Wildman–Crippen MR) is 152 cm³/mol. The Balaban J connectivity index is 1.54. The standard InChI is InChI=1S/C30H40F2O6Si/c1-5-23-13-9-10-14-26(23)27-21-24-15-16-25(22-28(24)38-29(27)33)34-19-11-17-30(31,32)18-12-20-39(35-6-2,36-7-3)37-8-4/h9-10,13-16,21-22H,5-8,11-12,17-20H2,1-4H3. The second kappa shape index (κ2) is 14.7. The lowest BCUT2D eigenvalue weighted by Gasteiger charge is -2.29. The average Bonchev–Trinajstić information content (AvgIpc) is 2.91. The van der Waals surface area contributed by atoms with Crippen LogP contribution in [0.5, 0.6) is 5.75 Å². The number of hydrogen-bond acceptors (Lipinski definition) is 6. The van der Waals surface area contributed by atoms with Crippen molar-refractivity contribution in [2.75, 3.05) is 26.4 Å². The highest BCUT2D eigenvalue weighted by Crippen LogP contribution is 2.30. The predicted octanol–water partition coefficient (Wildman–Crippen LogP) is 7.65. The van der Waals surface area contributed by atoms with Gasteiger partial charge < -0.3 is 22.4 Å². The first kappa shape index (κ1) is 30.9. The van der Waals surface area contributed by atoms with E-state index in [1.54, 1.807) is 12.1 Å². The molecule has 0 amide bonds. The van der Waals surface area contributed by atoms with Crippen molar-refractivity contribution in [2.45, 2.75) is 71.8 Å². The number of fused-ring (bicyclic) bond motifs is 1. The number of halogens is 2. The zero-order valence-corrected chi connectivity index (χ0v) is 24.4. The van der Waals surface area contributed by atoms with Crippen molar-refractivity contribution in [3.8, 4) is 16.9 Å². The molecule has 0 spiro atoms. The summed E-state index contributed by atoms with van der Waals surface area (Å²) in [5.74, 6) is -2.35. The van der Waals surface area contributed by atoms with Crippen LogP contribution in [0.1, 0.15) is 58.9 Å². The smallest absolute Gasteiger partial charge is 0.493 e. The van der Waals surface area contributed by atoms with E-state index in [-0.39, 0.29) is 32.3 Å². The second-order valence-electron chi connectivity index (χ2n) is 9.30. The summed E-state index contributed by atoms with van der Waals surface area (Å²) in [6.07, 6.45) is 0.693. The van der Waals surface area contributed by atoms with Crippen LogP contribution in [0, 0.1) is 0 Å². The molecule has 0 bridgehead atoms. The largest absolute Gasteiger partial charge is 0.500 e. The Morgan fingerprint density at radius 1 is 0.846 bits per heavy atom. The normalized spacial score (nSPS) is 12.3. The zero-order valence-electron chi connectivity index (χ0n) is 23.4. The third-order valence-electron chi connectivity index (χ3n) is 6.47. The van der Waals surface area contributed by atoms with Crippen molar-refractivity contribution in [1.82, 2.24) is 0 Å². The molecule has 2 aromatic carbocycles. The number of benzene rings is 2. The number of aryl methyl sites for hydroxylation is 1. The van der Waals surface area contributed by atoms with E-state index in [1.165, 1.54) is 0 Å². The van der Waals surface area contributed by atoms with E-state index >= 15 is 0 Å². The lowest BCUT2D eigenvalue weighted by Crippen LogP contribution is -2.46. The van der Waals surface area contributed by atoms with E-state index in [9.17, 15) is 13.6 Å². The molecule has 1 aromatic heterocycles. The number of rotatable bonds is 17. The first-order valence-electron chi connectivity index (χ1n) is 13.8. The summed E-state index contributed by atoms with van der Waals surface area (Å²) in [6, 6.07) is 15.1. The highest BCUT2D eigenvalue weighted by Gasteiger charge is 2.41. The van der Waals surface area contributed by atoms with Gasteiger partial charge in [0.25, 0.3) is 0 Å². The molecule has 0 saturated heterocycles. The summed E-state index contributed by atoms with van der Waals surface area (Å²) in [7, 11) is -2.92. The van der Waals surface area contributed by atoms with Crippen molar-refractivity contribution >= 4 is 19.8 Å². The van der Waals surface area contributed by atoms with E-state index in [0.717, 1.165) is 22.9 Å². The SMILES string of the molecule is CCO[Si](CCCC(F)(F)CCCOc1ccc2cc(-c3ccccc3CC)c(=O)oc2c1)(OCC)OCC. The third-order valence-corrected chi connectivity index (χ3v) is 9.62. The molecule has 3 aromatic rings. The van der Waals surface area contributed by atoms with Crippen LogP contribution in [0.2, 0.25) is 6.04 Å².